The molecule has 0 saturated carbocycles. The van der Waals surface area contributed by atoms with Crippen molar-refractivity contribution in [3.63, 3.8) is 0 Å². The molecule has 0 aromatic carbocycles. The molecule has 3 aliphatic heterocycles. The van der Waals surface area contributed by atoms with Gasteiger partial charge in [0.2, 0.25) is 0 Å². The monoisotopic (exact) mass is 498 g/mol. The lowest BCUT2D eigenvalue weighted by Crippen LogP contribution is -2.79. The van der Waals surface area contributed by atoms with Crippen molar-refractivity contribution in [3.8, 4) is 0 Å². The van der Waals surface area contributed by atoms with Crippen molar-refractivity contribution in [1.29, 1.82) is 0 Å². The first-order valence-corrected chi connectivity index (χ1v) is 25.8. The second kappa shape index (κ2) is 10.1. The Morgan fingerprint density at radius 3 is 2.28 bits per heavy atom. The quantitative estimate of drug-likeness (QED) is 0.381. The molecule has 3 heterocycles. The third-order valence-electron chi connectivity index (χ3n) is 11.4. The Morgan fingerprint density at radius 2 is 1.62 bits per heavy atom. The maximum absolute atomic E-state index is 3.02. The lowest BCUT2D eigenvalue weighted by Gasteiger charge is -2.73. The van der Waals surface area contributed by atoms with Crippen molar-refractivity contribution in [2.24, 2.45) is 0 Å². The van der Waals surface area contributed by atoms with Crippen LogP contribution in [0, 0.1) is 0 Å². The van der Waals surface area contributed by atoms with Crippen LogP contribution in [0.4, 0.5) is 0 Å². The smallest absolute Gasteiger partial charge is 0.0395 e. The van der Waals surface area contributed by atoms with Crippen molar-refractivity contribution >= 4 is 54.2 Å². The third kappa shape index (κ3) is 3.96. The van der Waals surface area contributed by atoms with Gasteiger partial charge in [-0.3, -0.25) is 0 Å². The van der Waals surface area contributed by atoms with Crippen LogP contribution < -0.4 is 0 Å². The van der Waals surface area contributed by atoms with E-state index in [1.165, 1.54) is 16.7 Å². The Bertz CT molecular complexity index is 543. The molecule has 0 nitrogen and oxygen atoms in total. The van der Waals surface area contributed by atoms with Crippen molar-refractivity contribution in [2.75, 3.05) is 0 Å². The second-order valence-electron chi connectivity index (χ2n) is 12.3. The Labute approximate surface area is 195 Å². The number of fused-ring (bicyclic) bond motifs is 1. The fourth-order valence-corrected chi connectivity index (χ4v) is 76.4. The zero-order valence-corrected chi connectivity index (χ0v) is 29.1. The van der Waals surface area contributed by atoms with E-state index in [4.69, 9.17) is 0 Å². The van der Waals surface area contributed by atoms with Crippen LogP contribution in [0.1, 0.15) is 85.5 Å². The molecule has 0 amide bonds. The highest BCUT2D eigenvalue weighted by Gasteiger charge is 2.73. The Balaban J connectivity index is 2.06. The van der Waals surface area contributed by atoms with Gasteiger partial charge in [0.15, 0.2) is 0 Å². The second-order valence-corrected chi connectivity index (χ2v) is 41.0. The molecular formula is C23H54Si6. The maximum atomic E-state index is 3.02. The summed E-state index contributed by atoms with van der Waals surface area (Å²) < 4.78 is 3.35. The van der Waals surface area contributed by atoms with Crippen molar-refractivity contribution in [1.82, 2.24) is 0 Å². The van der Waals surface area contributed by atoms with E-state index in [1.807, 2.05) is 6.04 Å². The first-order chi connectivity index (χ1) is 13.8. The molecule has 3 aliphatic rings. The molecule has 29 heavy (non-hydrogen) atoms. The van der Waals surface area contributed by atoms with Gasteiger partial charge in [0.1, 0.15) is 0 Å². The molecule has 3 saturated heterocycles. The van der Waals surface area contributed by atoms with Crippen LogP contribution in [0.15, 0.2) is 0 Å². The summed E-state index contributed by atoms with van der Waals surface area (Å²) in [5.74, 6) is 0. The third-order valence-corrected chi connectivity index (χ3v) is 57.9. The van der Waals surface area contributed by atoms with Gasteiger partial charge in [0.25, 0.3) is 0 Å². The van der Waals surface area contributed by atoms with E-state index in [2.05, 4.69) is 40.8 Å². The first-order valence-electron chi connectivity index (χ1n) is 13.8. The summed E-state index contributed by atoms with van der Waals surface area (Å²) in [6, 6.07) is 8.78. The Kier molecular flexibility index (Phi) is 8.65. The average Bonchev–Trinajstić information content (AvgIpc) is 3.02. The predicted octanol–water partition coefficient (Wildman–Crippen LogP) is 5.25. The Hall–Kier alpha value is 1.30. The summed E-state index contributed by atoms with van der Waals surface area (Å²) in [5.41, 5.74) is 0. The fraction of sp³-hybridized carbons (Fsp3) is 1.00. The molecule has 0 aromatic heterocycles. The zero-order chi connectivity index (χ0) is 21.3. The van der Waals surface area contributed by atoms with Gasteiger partial charge < -0.3 is 0 Å². The van der Waals surface area contributed by atoms with Crippen LogP contribution in [0.5, 0.6) is 0 Å². The molecular weight excluding hydrogens is 445 g/mol. The first kappa shape index (κ1) is 24.9. The van der Waals surface area contributed by atoms with Gasteiger partial charge in [-0.2, -0.15) is 0 Å². The molecule has 0 N–H and O–H groups in total. The summed E-state index contributed by atoms with van der Waals surface area (Å²) in [4.78, 5) is 0. The van der Waals surface area contributed by atoms with E-state index >= 15 is 0 Å². The minimum absolute atomic E-state index is 0.493. The molecule has 0 spiro atoms. The molecule has 0 aliphatic carbocycles. The number of rotatable bonds is 9. The zero-order valence-electron chi connectivity index (χ0n) is 21.3. The molecule has 3 rings (SSSR count). The molecule has 6 heteroatoms. The molecule has 170 valence electrons. The molecule has 0 radical (unpaired) electrons. The minimum atomic E-state index is -0.653. The summed E-state index contributed by atoms with van der Waals surface area (Å²) in [5, 5.41) is 0. The average molecular weight is 499 g/mol. The van der Waals surface area contributed by atoms with Crippen molar-refractivity contribution < 1.29 is 0 Å². The maximum Gasteiger partial charge on any atom is 0.0395 e. The number of hydrogen-bond donors (Lipinski definition) is 0. The number of unbranched alkanes of at least 4 members (excludes halogenated alkanes) is 2. The minimum Gasteiger partial charge on any atom is -0.0723 e. The van der Waals surface area contributed by atoms with Crippen molar-refractivity contribution in [3.05, 3.63) is 0 Å². The number of hydrogen-bond acceptors (Lipinski definition) is 0. The van der Waals surface area contributed by atoms with E-state index in [0.717, 1.165) is 8.95 Å². The van der Waals surface area contributed by atoms with Gasteiger partial charge in [-0.25, -0.2) is 0 Å². The van der Waals surface area contributed by atoms with E-state index in [9.17, 15) is 0 Å². The SMILES string of the molecule is CCCC[SiH](C1(C)CCC[SiH]1CC)C12[SiH](C)CCCC[SiH]1C([SiH3])(CCCC)[SiH]2C. The van der Waals surface area contributed by atoms with Crippen LogP contribution in [0.3, 0.4) is 0 Å². The molecule has 8 atom stereocenters. The highest BCUT2D eigenvalue weighted by molar-refractivity contribution is 7.29. The van der Waals surface area contributed by atoms with Gasteiger partial charge in [0.05, 0.1) is 0 Å². The molecule has 0 aromatic rings. The highest BCUT2D eigenvalue weighted by atomic mass is 28.5. The Morgan fingerprint density at radius 1 is 0.931 bits per heavy atom. The van der Waals surface area contributed by atoms with Gasteiger partial charge in [0, 0.05) is 54.2 Å². The molecule has 8 unspecified atom stereocenters. The van der Waals surface area contributed by atoms with Crippen LogP contribution in [0.25, 0.3) is 0 Å². The van der Waals surface area contributed by atoms with Gasteiger partial charge in [-0.1, -0.05) is 137 Å². The van der Waals surface area contributed by atoms with Gasteiger partial charge >= 0.3 is 0 Å². The van der Waals surface area contributed by atoms with E-state index in [-0.39, 0.29) is 0 Å². The van der Waals surface area contributed by atoms with Crippen LogP contribution in [-0.2, 0) is 0 Å². The summed E-state index contributed by atoms with van der Waals surface area (Å²) >= 11 is 0. The fourth-order valence-electron chi connectivity index (χ4n) is 9.84. The standard InChI is InChI=1S/C23H54Si6/c1-7-10-16-22(24)26(6)23(25(5)17-12-13-20-29(22)23)28(19-11-8-2)21(4)15-14-18-27(21)9-3/h25-29H,7-20H2,1-6,24H3. The summed E-state index contributed by atoms with van der Waals surface area (Å²) in [6.07, 6.45) is 14.6. The van der Waals surface area contributed by atoms with Crippen LogP contribution >= 0.6 is 0 Å². The topological polar surface area (TPSA) is 0 Å². The summed E-state index contributed by atoms with van der Waals surface area (Å²) in [7, 11) is -1.16. The normalized spacial score (nSPS) is 46.1. The highest BCUT2D eigenvalue weighted by Crippen LogP contribution is 2.72. The van der Waals surface area contributed by atoms with E-state index in [1.54, 1.807) is 79.4 Å². The predicted molar refractivity (Wildman–Crippen MR) is 154 cm³/mol. The van der Waals surface area contributed by atoms with Crippen LogP contribution in [-0.4, -0.2) is 54.2 Å². The van der Waals surface area contributed by atoms with E-state index < -0.39 is 44.0 Å². The molecule has 3 fully saturated rings. The van der Waals surface area contributed by atoms with Gasteiger partial charge in [-0.05, 0) is 4.66 Å². The van der Waals surface area contributed by atoms with Gasteiger partial charge in [-0.15, -0.1) is 0 Å². The van der Waals surface area contributed by atoms with Crippen LogP contribution in [0.2, 0.25) is 56.2 Å². The van der Waals surface area contributed by atoms with Crippen molar-refractivity contribution in [2.45, 2.75) is 142 Å². The largest absolute Gasteiger partial charge is 0.0723 e. The molecule has 0 bridgehead atoms. The lowest BCUT2D eigenvalue weighted by molar-refractivity contribution is 0.671. The lowest BCUT2D eigenvalue weighted by atomic mass is 10.3. The van der Waals surface area contributed by atoms with E-state index in [0.29, 0.717) is 0 Å². The summed E-state index contributed by atoms with van der Waals surface area (Å²) in [6.45, 7) is 16.5.